The Morgan fingerprint density at radius 2 is 2.03 bits per heavy atom. The largest absolute Gasteiger partial charge is 0.497 e. The molecular weight excluding hydrogens is 388 g/mol. The van der Waals surface area contributed by atoms with Gasteiger partial charge in [-0.2, -0.15) is 0 Å². The molecule has 7 heteroatoms. The second-order valence-corrected chi connectivity index (χ2v) is 7.51. The van der Waals surface area contributed by atoms with Crippen LogP contribution in [0.15, 0.2) is 53.9 Å². The number of rotatable bonds is 6. The molecule has 0 N–H and O–H groups in total. The van der Waals surface area contributed by atoms with Crippen molar-refractivity contribution >= 4 is 28.9 Å². The van der Waals surface area contributed by atoms with Gasteiger partial charge >= 0.3 is 5.97 Å². The molecule has 0 spiro atoms. The molecule has 2 aromatic carbocycles. The van der Waals surface area contributed by atoms with Crippen molar-refractivity contribution in [3.8, 4) is 16.3 Å². The Balaban J connectivity index is 1.37. The molecule has 0 atom stereocenters. The van der Waals surface area contributed by atoms with Gasteiger partial charge in [0.05, 0.1) is 18.4 Å². The van der Waals surface area contributed by atoms with Crippen molar-refractivity contribution in [3.05, 3.63) is 65.2 Å². The van der Waals surface area contributed by atoms with Gasteiger partial charge in [-0.25, -0.2) is 9.78 Å². The molecule has 29 heavy (non-hydrogen) atoms. The van der Waals surface area contributed by atoms with E-state index in [1.807, 2.05) is 29.6 Å². The number of esters is 1. The third kappa shape index (κ3) is 4.30. The van der Waals surface area contributed by atoms with Crippen LogP contribution in [0.1, 0.15) is 28.9 Å². The highest BCUT2D eigenvalue weighted by Gasteiger charge is 2.21. The number of ether oxygens (including phenoxy) is 2. The van der Waals surface area contributed by atoms with Crippen molar-refractivity contribution in [2.75, 3.05) is 18.6 Å². The van der Waals surface area contributed by atoms with E-state index in [2.05, 4.69) is 4.98 Å². The minimum absolute atomic E-state index is 0.103. The first-order valence-corrected chi connectivity index (χ1v) is 10.2. The average Bonchev–Trinajstić information content (AvgIpc) is 3.41. The fourth-order valence-electron chi connectivity index (χ4n) is 3.18. The van der Waals surface area contributed by atoms with Crippen molar-refractivity contribution < 1.29 is 19.1 Å². The molecule has 1 amide bonds. The fraction of sp³-hybridized carbons (Fsp3) is 0.227. The lowest BCUT2D eigenvalue weighted by atomic mass is 10.2. The SMILES string of the molecule is COc1cccc(-c2nc(COC(=O)c3ccc(N4CCCC4=O)cc3)cs2)c1. The second kappa shape index (κ2) is 8.45. The molecule has 0 saturated carbocycles. The molecule has 0 aliphatic carbocycles. The lowest BCUT2D eigenvalue weighted by Crippen LogP contribution is -2.23. The lowest BCUT2D eigenvalue weighted by molar-refractivity contribution is -0.117. The number of aromatic nitrogens is 1. The normalized spacial score (nSPS) is 13.6. The van der Waals surface area contributed by atoms with Crippen LogP contribution in [0.4, 0.5) is 5.69 Å². The number of amides is 1. The Kier molecular flexibility index (Phi) is 5.57. The van der Waals surface area contributed by atoms with Gasteiger partial charge in [0, 0.05) is 29.6 Å². The first kappa shape index (κ1) is 19.1. The Bertz CT molecular complexity index is 1030. The Morgan fingerprint density at radius 1 is 1.21 bits per heavy atom. The summed E-state index contributed by atoms with van der Waals surface area (Å²) in [4.78, 5) is 30.4. The average molecular weight is 408 g/mol. The van der Waals surface area contributed by atoms with Gasteiger partial charge in [-0.05, 0) is 42.8 Å². The summed E-state index contributed by atoms with van der Waals surface area (Å²) in [6.07, 6.45) is 1.45. The highest BCUT2D eigenvalue weighted by Crippen LogP contribution is 2.27. The monoisotopic (exact) mass is 408 g/mol. The number of thiazole rings is 1. The smallest absolute Gasteiger partial charge is 0.338 e. The number of benzene rings is 2. The molecule has 0 unspecified atom stereocenters. The van der Waals surface area contributed by atoms with Gasteiger partial charge < -0.3 is 14.4 Å². The number of carbonyl (C=O) groups excluding carboxylic acids is 2. The van der Waals surface area contributed by atoms with E-state index in [1.54, 1.807) is 36.3 Å². The first-order chi connectivity index (χ1) is 14.1. The first-order valence-electron chi connectivity index (χ1n) is 9.30. The van der Waals surface area contributed by atoms with Gasteiger partial charge in [-0.15, -0.1) is 11.3 Å². The van der Waals surface area contributed by atoms with Crippen LogP contribution in [0.3, 0.4) is 0 Å². The second-order valence-electron chi connectivity index (χ2n) is 6.65. The highest BCUT2D eigenvalue weighted by atomic mass is 32.1. The number of nitrogens with zero attached hydrogens (tertiary/aromatic N) is 2. The molecule has 148 valence electrons. The van der Waals surface area contributed by atoms with Gasteiger partial charge in [0.2, 0.25) is 5.91 Å². The van der Waals surface area contributed by atoms with E-state index in [4.69, 9.17) is 9.47 Å². The van der Waals surface area contributed by atoms with Crippen LogP contribution in [-0.4, -0.2) is 30.5 Å². The molecule has 1 fully saturated rings. The maximum Gasteiger partial charge on any atom is 0.338 e. The Morgan fingerprint density at radius 3 is 2.76 bits per heavy atom. The maximum atomic E-state index is 12.3. The summed E-state index contributed by atoms with van der Waals surface area (Å²) in [6.45, 7) is 0.827. The zero-order valence-electron chi connectivity index (χ0n) is 16.0. The zero-order valence-corrected chi connectivity index (χ0v) is 16.8. The predicted octanol–water partition coefficient (Wildman–Crippen LogP) is 4.30. The number of anilines is 1. The molecule has 2 heterocycles. The van der Waals surface area contributed by atoms with E-state index in [0.29, 0.717) is 17.7 Å². The zero-order chi connectivity index (χ0) is 20.2. The maximum absolute atomic E-state index is 12.3. The van der Waals surface area contributed by atoms with Crippen molar-refractivity contribution in [2.45, 2.75) is 19.4 Å². The third-order valence-corrected chi connectivity index (χ3v) is 5.65. The van der Waals surface area contributed by atoms with Gasteiger partial charge in [0.1, 0.15) is 17.4 Å². The summed E-state index contributed by atoms with van der Waals surface area (Å²) in [5, 5.41) is 2.72. The summed E-state index contributed by atoms with van der Waals surface area (Å²) in [5.41, 5.74) is 2.91. The summed E-state index contributed by atoms with van der Waals surface area (Å²) in [7, 11) is 1.63. The van der Waals surface area contributed by atoms with Gasteiger partial charge in [-0.1, -0.05) is 12.1 Å². The predicted molar refractivity (Wildman–Crippen MR) is 111 cm³/mol. The Hall–Kier alpha value is -3.19. The van der Waals surface area contributed by atoms with Crippen LogP contribution in [0, 0.1) is 0 Å². The standard InChI is InChI=1S/C22H20N2O4S/c1-27-19-5-2-4-16(12-19)21-23-17(14-29-21)13-28-22(26)15-7-9-18(10-8-15)24-11-3-6-20(24)25/h2,4-5,7-10,12,14H,3,6,11,13H2,1H3. The lowest BCUT2D eigenvalue weighted by Gasteiger charge is -2.15. The molecule has 4 rings (SSSR count). The summed E-state index contributed by atoms with van der Waals surface area (Å²) < 4.78 is 10.6. The quantitative estimate of drug-likeness (QED) is 0.569. The summed E-state index contributed by atoms with van der Waals surface area (Å²) >= 11 is 1.49. The van der Waals surface area contributed by atoms with Crippen molar-refractivity contribution in [2.24, 2.45) is 0 Å². The van der Waals surface area contributed by atoms with Crippen molar-refractivity contribution in [1.29, 1.82) is 0 Å². The van der Waals surface area contributed by atoms with Crippen molar-refractivity contribution in [1.82, 2.24) is 4.98 Å². The fourth-order valence-corrected chi connectivity index (χ4v) is 3.98. The van der Waals surface area contributed by atoms with E-state index in [0.717, 1.165) is 35.0 Å². The van der Waals surface area contributed by atoms with Crippen LogP contribution in [0.25, 0.3) is 10.6 Å². The van der Waals surface area contributed by atoms with Gasteiger partial charge in [0.25, 0.3) is 0 Å². The molecular formula is C22H20N2O4S. The molecule has 3 aromatic rings. The summed E-state index contributed by atoms with van der Waals surface area (Å²) in [6, 6.07) is 14.6. The molecule has 0 bridgehead atoms. The van der Waals surface area contributed by atoms with E-state index < -0.39 is 5.97 Å². The third-order valence-electron chi connectivity index (χ3n) is 4.71. The van der Waals surface area contributed by atoms with Crippen molar-refractivity contribution in [3.63, 3.8) is 0 Å². The molecule has 1 saturated heterocycles. The van der Waals surface area contributed by atoms with E-state index in [9.17, 15) is 9.59 Å². The Labute approximate surface area is 172 Å². The van der Waals surface area contributed by atoms with Crippen LogP contribution >= 0.6 is 11.3 Å². The highest BCUT2D eigenvalue weighted by molar-refractivity contribution is 7.13. The van der Waals surface area contributed by atoms with Crippen LogP contribution in [0.2, 0.25) is 0 Å². The number of methoxy groups -OCH3 is 1. The van der Waals surface area contributed by atoms with Crippen LogP contribution < -0.4 is 9.64 Å². The topological polar surface area (TPSA) is 68.7 Å². The van der Waals surface area contributed by atoms with E-state index in [-0.39, 0.29) is 12.5 Å². The molecule has 0 radical (unpaired) electrons. The van der Waals surface area contributed by atoms with Gasteiger partial charge in [-0.3, -0.25) is 4.79 Å². The van der Waals surface area contributed by atoms with Crippen LogP contribution in [0.5, 0.6) is 5.75 Å². The minimum Gasteiger partial charge on any atom is -0.497 e. The number of hydrogen-bond donors (Lipinski definition) is 0. The number of carbonyl (C=O) groups is 2. The summed E-state index contributed by atoms with van der Waals surface area (Å²) in [5.74, 6) is 0.473. The molecule has 1 aliphatic rings. The van der Waals surface area contributed by atoms with E-state index >= 15 is 0 Å². The van der Waals surface area contributed by atoms with Crippen LogP contribution in [-0.2, 0) is 16.1 Å². The number of hydrogen-bond acceptors (Lipinski definition) is 6. The van der Waals surface area contributed by atoms with Gasteiger partial charge in [0.15, 0.2) is 0 Å². The molecule has 1 aliphatic heterocycles. The molecule has 1 aromatic heterocycles. The minimum atomic E-state index is -0.416. The van der Waals surface area contributed by atoms with E-state index in [1.165, 1.54) is 11.3 Å². The molecule has 6 nitrogen and oxygen atoms in total.